The minimum absolute atomic E-state index is 0.0226. The Balaban J connectivity index is 1.41. The molecule has 1 aliphatic carbocycles. The van der Waals surface area contributed by atoms with Gasteiger partial charge in [-0.2, -0.15) is 18.3 Å². The number of halogens is 4. The Labute approximate surface area is 220 Å². The van der Waals surface area contributed by atoms with E-state index in [-0.39, 0.29) is 22.6 Å². The number of methoxy groups -OCH3 is 1. The van der Waals surface area contributed by atoms with Gasteiger partial charge in [-0.25, -0.2) is 4.79 Å². The molecule has 0 atom stereocenters. The molecule has 0 bridgehead atoms. The third-order valence-corrected chi connectivity index (χ3v) is 7.40. The lowest BCUT2D eigenvalue weighted by atomic mass is 10.0. The number of aromatic nitrogens is 2. The quantitative estimate of drug-likeness (QED) is 0.184. The van der Waals surface area contributed by atoms with Crippen LogP contribution < -0.4 is 10.6 Å². The van der Waals surface area contributed by atoms with E-state index < -0.39 is 17.8 Å². The number of rotatable bonds is 8. The molecule has 3 aromatic rings. The summed E-state index contributed by atoms with van der Waals surface area (Å²) < 4.78 is 46.1. The first kappa shape index (κ1) is 26.4. The summed E-state index contributed by atoms with van der Waals surface area (Å²) in [5.41, 5.74) is 1.49. The fourth-order valence-electron chi connectivity index (χ4n) is 4.01. The van der Waals surface area contributed by atoms with Crippen LogP contribution in [0, 0.1) is 6.92 Å². The van der Waals surface area contributed by atoms with Gasteiger partial charge in [-0.1, -0.05) is 41.9 Å². The van der Waals surface area contributed by atoms with Crippen molar-refractivity contribution in [3.8, 4) is 11.1 Å². The van der Waals surface area contributed by atoms with Crippen LogP contribution in [0.4, 0.5) is 18.2 Å². The Morgan fingerprint density at radius 3 is 2.61 bits per heavy atom. The number of carbonyl (C=O) groups excluding carboxylic acids is 1. The molecule has 2 N–H and O–H groups in total. The standard InChI is InChI=1S/C24H24ClF3N4O2S2/c1-13-16(14-7-4-3-5-8-14)17(22(33)34-2)21(36-13)30-23(35)29-11-6-12-32-19(15-9-10-15)18(25)20(31-32)24(26,27)28/h3-5,7-8,15H,6,9-12H2,1-2H3,(H2,29,30,35). The summed E-state index contributed by atoms with van der Waals surface area (Å²) in [6.45, 7) is 2.57. The highest BCUT2D eigenvalue weighted by Crippen LogP contribution is 2.47. The van der Waals surface area contributed by atoms with Crippen molar-refractivity contribution in [3.05, 3.63) is 57.2 Å². The second-order valence-corrected chi connectivity index (χ2v) is 10.4. The van der Waals surface area contributed by atoms with Gasteiger partial charge in [0.1, 0.15) is 10.6 Å². The number of nitrogens with one attached hydrogen (secondary N) is 2. The highest BCUT2D eigenvalue weighted by Gasteiger charge is 2.41. The maximum atomic E-state index is 13.3. The van der Waals surface area contributed by atoms with Crippen molar-refractivity contribution in [3.63, 3.8) is 0 Å². The van der Waals surface area contributed by atoms with E-state index in [9.17, 15) is 18.0 Å². The van der Waals surface area contributed by atoms with Gasteiger partial charge in [-0.3, -0.25) is 4.68 Å². The third kappa shape index (κ3) is 5.68. The Hall–Kier alpha value is -2.63. The number of ether oxygens (including phenoxy) is 1. The average molecular weight is 557 g/mol. The van der Waals surface area contributed by atoms with Gasteiger partial charge in [-0.05, 0) is 44.0 Å². The number of hydrogen-bond acceptors (Lipinski definition) is 5. The molecule has 0 radical (unpaired) electrons. The van der Waals surface area contributed by atoms with E-state index >= 15 is 0 Å². The van der Waals surface area contributed by atoms with E-state index in [1.54, 1.807) is 0 Å². The van der Waals surface area contributed by atoms with Crippen molar-refractivity contribution in [1.29, 1.82) is 0 Å². The number of carbonyl (C=O) groups is 1. The summed E-state index contributed by atoms with van der Waals surface area (Å²) >= 11 is 12.8. The zero-order chi connectivity index (χ0) is 26.0. The largest absolute Gasteiger partial charge is 0.465 e. The lowest BCUT2D eigenvalue weighted by Gasteiger charge is -2.12. The van der Waals surface area contributed by atoms with Crippen LogP contribution in [0.2, 0.25) is 5.02 Å². The van der Waals surface area contributed by atoms with E-state index in [0.717, 1.165) is 28.8 Å². The van der Waals surface area contributed by atoms with Crippen molar-refractivity contribution in [2.75, 3.05) is 19.0 Å². The lowest BCUT2D eigenvalue weighted by Crippen LogP contribution is -2.30. The second-order valence-electron chi connectivity index (χ2n) is 8.37. The lowest BCUT2D eigenvalue weighted by molar-refractivity contribution is -0.141. The molecule has 2 heterocycles. The third-order valence-electron chi connectivity index (χ3n) is 5.76. The number of benzene rings is 1. The number of hydrogen-bond donors (Lipinski definition) is 2. The second kappa shape index (κ2) is 10.8. The molecule has 36 heavy (non-hydrogen) atoms. The number of aryl methyl sites for hydroxylation is 2. The summed E-state index contributed by atoms with van der Waals surface area (Å²) in [6.07, 6.45) is -2.50. The molecular formula is C24H24ClF3N4O2S2. The van der Waals surface area contributed by atoms with E-state index in [2.05, 4.69) is 15.7 Å². The predicted molar refractivity (Wildman–Crippen MR) is 139 cm³/mol. The summed E-state index contributed by atoms with van der Waals surface area (Å²) in [6, 6.07) is 9.53. The maximum absolute atomic E-state index is 13.3. The van der Waals surface area contributed by atoms with Gasteiger partial charge in [0.05, 0.1) is 17.8 Å². The first-order valence-electron chi connectivity index (χ1n) is 11.3. The molecule has 0 unspecified atom stereocenters. The summed E-state index contributed by atoms with van der Waals surface area (Å²) in [5, 5.41) is 10.4. The number of esters is 1. The number of alkyl halides is 3. The predicted octanol–water partition coefficient (Wildman–Crippen LogP) is 6.63. The van der Waals surface area contributed by atoms with Crippen molar-refractivity contribution < 1.29 is 22.7 Å². The molecule has 1 saturated carbocycles. The number of anilines is 1. The Morgan fingerprint density at radius 1 is 1.31 bits per heavy atom. The van der Waals surface area contributed by atoms with Gasteiger partial charge in [0.15, 0.2) is 10.8 Å². The Kier molecular flexibility index (Phi) is 7.91. The Morgan fingerprint density at radius 2 is 2.00 bits per heavy atom. The molecule has 192 valence electrons. The van der Waals surface area contributed by atoms with Crippen LogP contribution in [-0.2, 0) is 17.5 Å². The highest BCUT2D eigenvalue weighted by atomic mass is 35.5. The van der Waals surface area contributed by atoms with Crippen LogP contribution in [-0.4, -0.2) is 34.5 Å². The van der Waals surface area contributed by atoms with Gasteiger partial charge < -0.3 is 15.4 Å². The smallest absolute Gasteiger partial charge is 0.436 e. The summed E-state index contributed by atoms with van der Waals surface area (Å²) in [7, 11) is 1.33. The molecule has 12 heteroatoms. The van der Waals surface area contributed by atoms with Crippen molar-refractivity contribution >= 4 is 51.2 Å². The molecule has 1 aromatic carbocycles. The normalized spacial score (nSPS) is 13.5. The van der Waals surface area contributed by atoms with Crippen LogP contribution in [0.3, 0.4) is 0 Å². The van der Waals surface area contributed by atoms with E-state index in [1.807, 2.05) is 37.3 Å². The van der Waals surface area contributed by atoms with E-state index in [1.165, 1.54) is 23.1 Å². The van der Waals surface area contributed by atoms with Crippen LogP contribution in [0.5, 0.6) is 0 Å². The maximum Gasteiger partial charge on any atom is 0.436 e. The molecule has 0 saturated heterocycles. The highest BCUT2D eigenvalue weighted by molar-refractivity contribution is 7.80. The van der Waals surface area contributed by atoms with Crippen LogP contribution in [0.25, 0.3) is 11.1 Å². The average Bonchev–Trinajstić information content (AvgIpc) is 3.53. The zero-order valence-electron chi connectivity index (χ0n) is 19.5. The molecule has 1 fully saturated rings. The SMILES string of the molecule is COC(=O)c1c(NC(=S)NCCCn2nc(C(F)(F)F)c(Cl)c2C2CC2)sc(C)c1-c1ccccc1. The molecule has 0 spiro atoms. The molecule has 0 aliphatic heterocycles. The van der Waals surface area contributed by atoms with Crippen LogP contribution in [0.15, 0.2) is 30.3 Å². The molecule has 4 rings (SSSR count). The van der Waals surface area contributed by atoms with Crippen LogP contribution in [0.1, 0.15) is 51.8 Å². The molecule has 1 aliphatic rings. The zero-order valence-corrected chi connectivity index (χ0v) is 21.9. The monoisotopic (exact) mass is 556 g/mol. The van der Waals surface area contributed by atoms with Gasteiger partial charge in [0, 0.05) is 29.4 Å². The summed E-state index contributed by atoms with van der Waals surface area (Å²) in [4.78, 5) is 13.5. The number of thiophene rings is 1. The fraction of sp³-hybridized carbons (Fsp3) is 0.375. The van der Waals surface area contributed by atoms with Gasteiger partial charge in [0.25, 0.3) is 0 Å². The van der Waals surface area contributed by atoms with Gasteiger partial charge in [-0.15, -0.1) is 11.3 Å². The minimum atomic E-state index is -4.59. The fourth-order valence-corrected chi connectivity index (χ4v) is 5.75. The first-order valence-corrected chi connectivity index (χ1v) is 12.9. The minimum Gasteiger partial charge on any atom is -0.465 e. The summed E-state index contributed by atoms with van der Waals surface area (Å²) in [5.74, 6) is -0.457. The molecule has 0 amide bonds. The van der Waals surface area contributed by atoms with E-state index in [4.69, 9.17) is 28.6 Å². The first-order chi connectivity index (χ1) is 17.1. The number of thiocarbonyl (C=S) groups is 1. The molecule has 6 nitrogen and oxygen atoms in total. The Bertz CT molecular complexity index is 1270. The topological polar surface area (TPSA) is 68.2 Å². The number of nitrogens with zero attached hydrogens (tertiary/aromatic N) is 2. The van der Waals surface area contributed by atoms with Crippen LogP contribution >= 0.6 is 35.2 Å². The molecule has 2 aromatic heterocycles. The van der Waals surface area contributed by atoms with E-state index in [0.29, 0.717) is 29.2 Å². The van der Waals surface area contributed by atoms with Crippen molar-refractivity contribution in [2.24, 2.45) is 0 Å². The van der Waals surface area contributed by atoms with Gasteiger partial charge in [0.2, 0.25) is 0 Å². The van der Waals surface area contributed by atoms with Crippen molar-refractivity contribution in [1.82, 2.24) is 15.1 Å². The van der Waals surface area contributed by atoms with Crippen molar-refractivity contribution in [2.45, 2.75) is 44.8 Å². The molecular weight excluding hydrogens is 533 g/mol. The van der Waals surface area contributed by atoms with Gasteiger partial charge >= 0.3 is 12.1 Å².